The lowest BCUT2D eigenvalue weighted by Crippen LogP contribution is -2.41. The van der Waals surface area contributed by atoms with Gasteiger partial charge in [-0.2, -0.15) is 23.4 Å². The molecule has 10 nitrogen and oxygen atoms in total. The van der Waals surface area contributed by atoms with E-state index >= 15 is 0 Å². The average Bonchev–Trinajstić information content (AvgIpc) is 3.45. The van der Waals surface area contributed by atoms with Gasteiger partial charge in [0.2, 0.25) is 0 Å². The number of morpholine rings is 1. The van der Waals surface area contributed by atoms with Crippen molar-refractivity contribution in [3.05, 3.63) is 41.1 Å². The molecule has 0 spiro atoms. The van der Waals surface area contributed by atoms with Gasteiger partial charge in [0.15, 0.2) is 11.3 Å². The molecule has 0 atom stereocenters. The van der Waals surface area contributed by atoms with Gasteiger partial charge in [-0.1, -0.05) is 0 Å². The van der Waals surface area contributed by atoms with E-state index in [1.807, 2.05) is 0 Å². The lowest BCUT2D eigenvalue weighted by Gasteiger charge is -2.27. The Morgan fingerprint density at radius 2 is 1.94 bits per heavy atom. The lowest BCUT2D eigenvalue weighted by molar-refractivity contribution is -0.142. The molecule has 2 fully saturated rings. The Bertz CT molecular complexity index is 1260. The van der Waals surface area contributed by atoms with Crippen LogP contribution in [-0.4, -0.2) is 67.4 Å². The Morgan fingerprint density at radius 1 is 1.21 bits per heavy atom. The van der Waals surface area contributed by atoms with Crippen molar-refractivity contribution in [3.63, 3.8) is 0 Å². The predicted octanol–water partition coefficient (Wildman–Crippen LogP) is 2.57. The van der Waals surface area contributed by atoms with Crippen molar-refractivity contribution in [1.29, 1.82) is 0 Å². The van der Waals surface area contributed by atoms with Crippen LogP contribution in [0.2, 0.25) is 0 Å². The molecule has 1 saturated heterocycles. The monoisotopic (exact) mass is 477 g/mol. The van der Waals surface area contributed by atoms with Crippen molar-refractivity contribution in [2.24, 2.45) is 0 Å². The molecule has 1 saturated carbocycles. The fourth-order valence-electron chi connectivity index (χ4n) is 3.94. The van der Waals surface area contributed by atoms with Gasteiger partial charge in [0.1, 0.15) is 11.4 Å². The summed E-state index contributed by atoms with van der Waals surface area (Å²) in [6, 6.07) is 2.20. The highest BCUT2D eigenvalue weighted by Gasteiger charge is 2.37. The van der Waals surface area contributed by atoms with Crippen LogP contribution in [-0.2, 0) is 17.5 Å². The van der Waals surface area contributed by atoms with Crippen LogP contribution >= 0.6 is 0 Å². The van der Waals surface area contributed by atoms with Gasteiger partial charge in [0.05, 0.1) is 25.1 Å². The third-order valence-corrected chi connectivity index (χ3v) is 5.85. The first-order chi connectivity index (χ1) is 16.3. The number of carbonyl (C=O) groups is 2. The van der Waals surface area contributed by atoms with Gasteiger partial charge in [0.25, 0.3) is 11.8 Å². The van der Waals surface area contributed by atoms with E-state index in [1.165, 1.54) is 16.9 Å². The first-order valence-corrected chi connectivity index (χ1v) is 11.0. The molecule has 0 radical (unpaired) electrons. The molecule has 180 valence electrons. The Kier molecular flexibility index (Phi) is 5.50. The number of rotatable bonds is 5. The molecule has 2 aliphatic rings. The predicted molar refractivity (Wildman–Crippen MR) is 113 cm³/mol. The van der Waals surface area contributed by atoms with Gasteiger partial charge in [-0.05, 0) is 25.8 Å². The molecule has 1 N–H and O–H groups in total. The van der Waals surface area contributed by atoms with Crippen LogP contribution in [0.1, 0.15) is 58.0 Å². The number of carbonyl (C=O) groups excluding carboxylic acids is 2. The van der Waals surface area contributed by atoms with E-state index in [0.717, 1.165) is 18.9 Å². The van der Waals surface area contributed by atoms with Gasteiger partial charge in [-0.3, -0.25) is 14.3 Å². The number of alkyl halides is 3. The highest BCUT2D eigenvalue weighted by molar-refractivity contribution is 6.07. The number of ether oxygens (including phenoxy) is 1. The zero-order chi connectivity index (χ0) is 24.0. The fourth-order valence-corrected chi connectivity index (χ4v) is 3.94. The molecule has 5 rings (SSSR count). The van der Waals surface area contributed by atoms with Crippen LogP contribution < -0.4 is 5.32 Å². The zero-order valence-corrected chi connectivity index (χ0v) is 18.3. The van der Waals surface area contributed by atoms with Crippen LogP contribution in [0.25, 0.3) is 5.65 Å². The Labute approximate surface area is 191 Å². The van der Waals surface area contributed by atoms with Crippen LogP contribution in [0.5, 0.6) is 0 Å². The molecule has 0 unspecified atom stereocenters. The van der Waals surface area contributed by atoms with E-state index in [-0.39, 0.29) is 34.5 Å². The number of hydrogen-bond donors (Lipinski definition) is 1. The number of nitrogens with zero attached hydrogens (tertiary/aromatic N) is 6. The van der Waals surface area contributed by atoms with Gasteiger partial charge < -0.3 is 15.0 Å². The maximum absolute atomic E-state index is 13.6. The zero-order valence-electron chi connectivity index (χ0n) is 18.3. The average molecular weight is 477 g/mol. The van der Waals surface area contributed by atoms with Crippen molar-refractivity contribution in [2.75, 3.05) is 31.6 Å². The molecule has 13 heteroatoms. The van der Waals surface area contributed by atoms with Gasteiger partial charge >= 0.3 is 6.18 Å². The molecule has 34 heavy (non-hydrogen) atoms. The molecule has 1 aliphatic heterocycles. The summed E-state index contributed by atoms with van der Waals surface area (Å²) in [6.45, 7) is 3.82. The second kappa shape index (κ2) is 8.38. The highest BCUT2D eigenvalue weighted by atomic mass is 19.4. The van der Waals surface area contributed by atoms with E-state index < -0.39 is 17.8 Å². The Hall–Kier alpha value is -3.48. The summed E-state index contributed by atoms with van der Waals surface area (Å²) in [7, 11) is 0. The maximum Gasteiger partial charge on any atom is 0.433 e. The molecular weight excluding hydrogens is 455 g/mol. The summed E-state index contributed by atoms with van der Waals surface area (Å²) < 4.78 is 48.3. The molecule has 1 aliphatic carbocycles. The molecule has 0 bridgehead atoms. The van der Waals surface area contributed by atoms with Gasteiger partial charge in [0, 0.05) is 37.3 Å². The smallest absolute Gasteiger partial charge is 0.378 e. The first-order valence-electron chi connectivity index (χ1n) is 11.0. The van der Waals surface area contributed by atoms with Crippen molar-refractivity contribution in [2.45, 2.75) is 38.4 Å². The molecule has 4 heterocycles. The second-order valence-corrected chi connectivity index (χ2v) is 8.22. The highest BCUT2D eigenvalue weighted by Crippen LogP contribution is 2.41. The quantitative estimate of drug-likeness (QED) is 0.606. The summed E-state index contributed by atoms with van der Waals surface area (Å²) in [5, 5.41) is 10.6. The second-order valence-electron chi connectivity index (χ2n) is 8.22. The minimum Gasteiger partial charge on any atom is -0.378 e. The Morgan fingerprint density at radius 3 is 2.59 bits per heavy atom. The third kappa shape index (κ3) is 4.11. The van der Waals surface area contributed by atoms with Gasteiger partial charge in [-0.15, -0.1) is 0 Å². The summed E-state index contributed by atoms with van der Waals surface area (Å²) in [6.07, 6.45) is -1.76. The van der Waals surface area contributed by atoms with Gasteiger partial charge in [-0.25, -0.2) is 9.50 Å². The van der Waals surface area contributed by atoms with Crippen LogP contribution in [0, 0.1) is 0 Å². The molecular formula is C21H22F3N7O3. The molecule has 0 aromatic carbocycles. The third-order valence-electron chi connectivity index (χ3n) is 5.85. The summed E-state index contributed by atoms with van der Waals surface area (Å²) in [5.41, 5.74) is -0.611. The minimum absolute atomic E-state index is 0.00748. The van der Waals surface area contributed by atoms with Crippen LogP contribution in [0.15, 0.2) is 18.3 Å². The van der Waals surface area contributed by atoms with Crippen molar-refractivity contribution in [3.8, 4) is 0 Å². The Balaban J connectivity index is 1.46. The molecule has 3 aromatic heterocycles. The number of aromatic nitrogens is 5. The summed E-state index contributed by atoms with van der Waals surface area (Å²) in [4.78, 5) is 31.9. The molecule has 3 aromatic rings. The number of hydrogen-bond acceptors (Lipinski definition) is 6. The number of amides is 2. The summed E-state index contributed by atoms with van der Waals surface area (Å²) in [5.74, 6) is -1.09. The SMILES string of the molecule is CCn1ncc(NC(=O)c2cc3nc(C4CC4)cc(C(F)(F)F)n3n2)c1C(=O)N1CCOCC1. The number of nitrogens with one attached hydrogen (secondary N) is 1. The summed E-state index contributed by atoms with van der Waals surface area (Å²) >= 11 is 0. The van der Waals surface area contributed by atoms with Crippen molar-refractivity contribution < 1.29 is 27.5 Å². The van der Waals surface area contributed by atoms with Crippen molar-refractivity contribution in [1.82, 2.24) is 29.3 Å². The van der Waals surface area contributed by atoms with E-state index in [4.69, 9.17) is 4.74 Å². The normalized spacial score (nSPS) is 16.8. The van der Waals surface area contributed by atoms with E-state index in [1.54, 1.807) is 11.8 Å². The molecule has 2 amide bonds. The maximum atomic E-state index is 13.6. The standard InChI is InChI=1S/C21H22F3N7O3/c1-2-30-18(20(33)29-5-7-34-8-6-29)15(11-25-30)27-19(32)14-10-17-26-13(12-3-4-12)9-16(21(22,23)24)31(17)28-14/h9-12H,2-8H2,1H3,(H,27,32). The first kappa shape index (κ1) is 22.3. The lowest BCUT2D eigenvalue weighted by atomic mass is 10.2. The van der Waals surface area contributed by atoms with Crippen molar-refractivity contribution >= 4 is 23.1 Å². The number of anilines is 1. The topological polar surface area (TPSA) is 107 Å². The van der Waals surface area contributed by atoms with E-state index in [2.05, 4.69) is 20.5 Å². The number of aryl methyl sites for hydroxylation is 1. The number of fused-ring (bicyclic) bond motifs is 1. The van der Waals surface area contributed by atoms with E-state index in [9.17, 15) is 22.8 Å². The van der Waals surface area contributed by atoms with E-state index in [0.29, 0.717) is 43.1 Å². The minimum atomic E-state index is -4.66. The fraction of sp³-hybridized carbons (Fsp3) is 0.476. The largest absolute Gasteiger partial charge is 0.433 e. The van der Waals surface area contributed by atoms with Crippen LogP contribution in [0.4, 0.5) is 18.9 Å². The van der Waals surface area contributed by atoms with Crippen LogP contribution in [0.3, 0.4) is 0 Å². The number of halogens is 3.